The first-order valence-corrected chi connectivity index (χ1v) is 10.5. The molecule has 2 aromatic carbocycles. The van der Waals surface area contributed by atoms with E-state index in [1.165, 1.54) is 34.6 Å². The summed E-state index contributed by atoms with van der Waals surface area (Å²) >= 11 is 0. The predicted molar refractivity (Wildman–Crippen MR) is 107 cm³/mol. The van der Waals surface area contributed by atoms with Crippen LogP contribution in [0.25, 0.3) is 0 Å². The number of carbonyl (C=O) groups excluding carboxylic acids is 2. The number of anilines is 1. The Kier molecular flexibility index (Phi) is 7.46. The van der Waals surface area contributed by atoms with Crippen molar-refractivity contribution in [1.29, 1.82) is 0 Å². The van der Waals surface area contributed by atoms with Crippen molar-refractivity contribution in [3.8, 4) is 0 Å². The summed E-state index contributed by atoms with van der Waals surface area (Å²) in [5.74, 6) is -2.38. The fourth-order valence-corrected chi connectivity index (χ4v) is 4.12. The topological polar surface area (TPSA) is 92.8 Å². The van der Waals surface area contributed by atoms with Crippen LogP contribution in [0.5, 0.6) is 0 Å². The first kappa shape index (κ1) is 22.5. The van der Waals surface area contributed by atoms with Crippen molar-refractivity contribution >= 4 is 27.6 Å². The maximum Gasteiger partial charge on any atom is 0.341 e. The van der Waals surface area contributed by atoms with Crippen molar-refractivity contribution in [2.24, 2.45) is 0 Å². The Morgan fingerprint density at radius 3 is 2.38 bits per heavy atom. The summed E-state index contributed by atoms with van der Waals surface area (Å²) in [5.41, 5.74) is 0.645. The van der Waals surface area contributed by atoms with Gasteiger partial charge in [0.15, 0.2) is 6.61 Å². The number of esters is 1. The van der Waals surface area contributed by atoms with Crippen LogP contribution in [-0.2, 0) is 19.6 Å². The van der Waals surface area contributed by atoms with E-state index >= 15 is 0 Å². The fourth-order valence-electron chi connectivity index (χ4n) is 2.63. The van der Waals surface area contributed by atoms with Gasteiger partial charge in [-0.05, 0) is 36.8 Å². The van der Waals surface area contributed by atoms with Crippen molar-refractivity contribution < 1.29 is 27.1 Å². The number of halogens is 1. The van der Waals surface area contributed by atoms with Gasteiger partial charge in [-0.1, -0.05) is 32.0 Å². The third-order valence-electron chi connectivity index (χ3n) is 4.25. The Balaban J connectivity index is 2.10. The van der Waals surface area contributed by atoms with Crippen LogP contribution in [-0.4, -0.2) is 44.3 Å². The molecule has 0 aliphatic heterocycles. The van der Waals surface area contributed by atoms with Gasteiger partial charge in [-0.3, -0.25) is 4.79 Å². The summed E-state index contributed by atoms with van der Waals surface area (Å²) in [6.45, 7) is 5.18. The lowest BCUT2D eigenvalue weighted by Gasteiger charge is -2.19. The van der Waals surface area contributed by atoms with Crippen LogP contribution in [0.2, 0.25) is 0 Å². The average Bonchev–Trinajstić information content (AvgIpc) is 2.68. The molecule has 156 valence electrons. The zero-order valence-corrected chi connectivity index (χ0v) is 17.3. The first-order chi connectivity index (χ1) is 13.7. The van der Waals surface area contributed by atoms with Crippen LogP contribution < -0.4 is 5.32 Å². The molecule has 1 amide bonds. The Morgan fingerprint density at radius 2 is 1.76 bits per heavy atom. The van der Waals surface area contributed by atoms with Gasteiger partial charge in [-0.15, -0.1) is 0 Å². The number of hydrogen-bond acceptors (Lipinski definition) is 5. The van der Waals surface area contributed by atoms with E-state index in [-0.39, 0.29) is 16.1 Å². The molecule has 0 fully saturated rings. The molecular formula is C20H23FN2O5S. The molecule has 0 spiro atoms. The van der Waals surface area contributed by atoms with Crippen LogP contribution in [0, 0.1) is 12.7 Å². The molecule has 0 unspecified atom stereocenters. The molecule has 0 aliphatic rings. The summed E-state index contributed by atoms with van der Waals surface area (Å²) in [7, 11) is -3.69. The third-order valence-corrected chi connectivity index (χ3v) is 6.30. The monoisotopic (exact) mass is 422 g/mol. The molecule has 29 heavy (non-hydrogen) atoms. The van der Waals surface area contributed by atoms with E-state index in [9.17, 15) is 22.4 Å². The fraction of sp³-hybridized carbons (Fsp3) is 0.300. The van der Waals surface area contributed by atoms with E-state index in [1.807, 2.05) is 0 Å². The predicted octanol–water partition coefficient (Wildman–Crippen LogP) is 2.96. The molecule has 2 aromatic rings. The number of sulfonamides is 1. The molecule has 0 atom stereocenters. The normalized spacial score (nSPS) is 11.3. The van der Waals surface area contributed by atoms with Crippen LogP contribution in [0.1, 0.15) is 29.8 Å². The van der Waals surface area contributed by atoms with E-state index < -0.39 is 34.3 Å². The molecule has 9 heteroatoms. The molecule has 1 N–H and O–H groups in total. The van der Waals surface area contributed by atoms with Gasteiger partial charge in [0.05, 0.1) is 10.5 Å². The molecule has 0 saturated carbocycles. The maximum atomic E-state index is 13.6. The van der Waals surface area contributed by atoms with Crippen molar-refractivity contribution in [2.45, 2.75) is 25.7 Å². The van der Waals surface area contributed by atoms with Crippen LogP contribution in [0.3, 0.4) is 0 Å². The number of amides is 1. The molecule has 0 aliphatic carbocycles. The van der Waals surface area contributed by atoms with E-state index in [1.54, 1.807) is 26.8 Å². The highest BCUT2D eigenvalue weighted by Gasteiger charge is 2.22. The van der Waals surface area contributed by atoms with Gasteiger partial charge >= 0.3 is 5.97 Å². The maximum absolute atomic E-state index is 13.6. The Bertz CT molecular complexity index is 1000. The zero-order chi connectivity index (χ0) is 21.6. The second-order valence-electron chi connectivity index (χ2n) is 6.17. The van der Waals surface area contributed by atoms with E-state index in [0.29, 0.717) is 18.7 Å². The highest BCUT2D eigenvalue weighted by molar-refractivity contribution is 7.89. The molecule has 0 heterocycles. The minimum atomic E-state index is -3.69. The van der Waals surface area contributed by atoms with Crippen molar-refractivity contribution in [2.75, 3.05) is 25.0 Å². The van der Waals surface area contributed by atoms with Gasteiger partial charge in [0.1, 0.15) is 5.82 Å². The minimum Gasteiger partial charge on any atom is -0.452 e. The van der Waals surface area contributed by atoms with Crippen molar-refractivity contribution in [3.05, 3.63) is 59.4 Å². The van der Waals surface area contributed by atoms with Crippen molar-refractivity contribution in [1.82, 2.24) is 4.31 Å². The molecule has 0 aromatic heterocycles. The molecular weight excluding hydrogens is 399 g/mol. The second kappa shape index (κ2) is 9.62. The Labute approximate surface area is 169 Å². The second-order valence-corrected chi connectivity index (χ2v) is 8.11. The van der Waals surface area contributed by atoms with Gasteiger partial charge in [0.2, 0.25) is 10.0 Å². The summed E-state index contributed by atoms with van der Waals surface area (Å²) in [6, 6.07) is 9.68. The minimum absolute atomic E-state index is 0.0467. The average molecular weight is 422 g/mol. The molecule has 0 radical (unpaired) electrons. The number of benzene rings is 2. The number of ether oxygens (including phenoxy) is 1. The lowest BCUT2D eigenvalue weighted by atomic mass is 10.2. The number of carbonyl (C=O) groups is 2. The zero-order valence-electron chi connectivity index (χ0n) is 16.4. The molecule has 7 nitrogen and oxygen atoms in total. The highest BCUT2D eigenvalue weighted by Crippen LogP contribution is 2.23. The van der Waals surface area contributed by atoms with Crippen LogP contribution in [0.4, 0.5) is 10.1 Å². The molecule has 0 bridgehead atoms. The summed E-state index contributed by atoms with van der Waals surface area (Å²) in [4.78, 5) is 24.1. The van der Waals surface area contributed by atoms with E-state index in [2.05, 4.69) is 5.32 Å². The van der Waals surface area contributed by atoms with Gasteiger partial charge in [0.25, 0.3) is 5.91 Å². The number of aryl methyl sites for hydroxylation is 1. The smallest absolute Gasteiger partial charge is 0.341 e. The summed E-state index contributed by atoms with van der Waals surface area (Å²) in [6.07, 6.45) is 0. The standard InChI is InChI=1S/C20H23FN2O5S/c1-4-23(5-2)29(26,27)15-11-10-14(3)18(12-15)22-19(24)13-28-20(25)16-8-6-7-9-17(16)21/h6-12H,4-5,13H2,1-3H3,(H,22,24). The quantitative estimate of drug-likeness (QED) is 0.661. The van der Waals surface area contributed by atoms with E-state index in [4.69, 9.17) is 4.74 Å². The van der Waals surface area contributed by atoms with Crippen molar-refractivity contribution in [3.63, 3.8) is 0 Å². The largest absolute Gasteiger partial charge is 0.452 e. The molecule has 2 rings (SSSR count). The lowest BCUT2D eigenvalue weighted by molar-refractivity contribution is -0.119. The van der Waals surface area contributed by atoms with Gasteiger partial charge in [-0.2, -0.15) is 4.31 Å². The number of rotatable bonds is 8. The number of nitrogens with one attached hydrogen (secondary N) is 1. The van der Waals surface area contributed by atoms with E-state index in [0.717, 1.165) is 6.07 Å². The van der Waals surface area contributed by atoms with Crippen LogP contribution >= 0.6 is 0 Å². The van der Waals surface area contributed by atoms with Gasteiger partial charge in [0, 0.05) is 18.8 Å². The highest BCUT2D eigenvalue weighted by atomic mass is 32.2. The summed E-state index contributed by atoms with van der Waals surface area (Å²) < 4.78 is 45.0. The number of nitrogens with zero attached hydrogens (tertiary/aromatic N) is 1. The first-order valence-electron chi connectivity index (χ1n) is 9.03. The van der Waals surface area contributed by atoms with Crippen LogP contribution in [0.15, 0.2) is 47.4 Å². The Hall–Kier alpha value is -2.78. The Morgan fingerprint density at radius 1 is 1.10 bits per heavy atom. The summed E-state index contributed by atoms with van der Waals surface area (Å²) in [5, 5.41) is 2.53. The van der Waals surface area contributed by atoms with Gasteiger partial charge < -0.3 is 10.1 Å². The van der Waals surface area contributed by atoms with Gasteiger partial charge in [-0.25, -0.2) is 17.6 Å². The SMILES string of the molecule is CCN(CC)S(=O)(=O)c1ccc(C)c(NC(=O)COC(=O)c2ccccc2F)c1. The molecule has 0 saturated heterocycles. The lowest BCUT2D eigenvalue weighted by Crippen LogP contribution is -2.30. The number of hydrogen-bond donors (Lipinski definition) is 1. The third kappa shape index (κ3) is 5.39.